The number of ether oxygens (including phenoxy) is 1. The van der Waals surface area contributed by atoms with E-state index in [1.54, 1.807) is 7.11 Å². The zero-order chi connectivity index (χ0) is 15.2. The molecule has 1 aromatic rings. The van der Waals surface area contributed by atoms with Gasteiger partial charge < -0.3 is 15.4 Å². The van der Waals surface area contributed by atoms with Crippen molar-refractivity contribution in [3.05, 3.63) is 29.8 Å². The third kappa shape index (κ3) is 4.21. The average Bonchev–Trinajstić information content (AvgIpc) is 2.53. The Hall–Kier alpha value is -1.55. The van der Waals surface area contributed by atoms with Gasteiger partial charge in [-0.25, -0.2) is 0 Å². The predicted octanol–water partition coefficient (Wildman–Crippen LogP) is 2.36. The van der Waals surface area contributed by atoms with E-state index in [-0.39, 0.29) is 18.0 Å². The first-order valence-electron chi connectivity index (χ1n) is 7.76. The molecule has 1 aliphatic carbocycles. The summed E-state index contributed by atoms with van der Waals surface area (Å²) < 4.78 is 5.14. The van der Waals surface area contributed by atoms with Crippen molar-refractivity contribution in [1.82, 2.24) is 4.90 Å². The van der Waals surface area contributed by atoms with Gasteiger partial charge >= 0.3 is 0 Å². The Kier molecular flexibility index (Phi) is 5.62. The first-order chi connectivity index (χ1) is 10.1. The number of carbonyl (C=O) groups is 1. The standard InChI is InChI=1S/C17H26N2O2/c1-19(16-6-4-3-5-15(16)18)17(20)12-9-13-7-10-14(21-2)11-8-13/h7-8,10-11,15-16H,3-6,9,12,18H2,1-2H3. The smallest absolute Gasteiger partial charge is 0.222 e. The second-order valence-electron chi connectivity index (χ2n) is 5.87. The predicted molar refractivity (Wildman–Crippen MR) is 84.3 cm³/mol. The summed E-state index contributed by atoms with van der Waals surface area (Å²) in [6.07, 6.45) is 5.72. The molecule has 21 heavy (non-hydrogen) atoms. The Morgan fingerprint density at radius 1 is 1.29 bits per heavy atom. The molecule has 0 aliphatic heterocycles. The molecule has 2 N–H and O–H groups in total. The molecule has 0 spiro atoms. The number of nitrogens with zero attached hydrogens (tertiary/aromatic N) is 1. The van der Waals surface area contributed by atoms with Crippen LogP contribution in [-0.4, -0.2) is 37.0 Å². The number of rotatable bonds is 5. The molecule has 1 aliphatic rings. The highest BCUT2D eigenvalue weighted by Crippen LogP contribution is 2.22. The largest absolute Gasteiger partial charge is 0.497 e. The van der Waals surface area contributed by atoms with Crippen LogP contribution in [0, 0.1) is 0 Å². The lowest BCUT2D eigenvalue weighted by atomic mass is 9.90. The minimum Gasteiger partial charge on any atom is -0.497 e. The van der Waals surface area contributed by atoms with Crippen LogP contribution >= 0.6 is 0 Å². The van der Waals surface area contributed by atoms with Gasteiger partial charge in [-0.1, -0.05) is 25.0 Å². The lowest BCUT2D eigenvalue weighted by Crippen LogP contribution is -2.50. The van der Waals surface area contributed by atoms with E-state index in [9.17, 15) is 4.79 Å². The minimum absolute atomic E-state index is 0.133. The van der Waals surface area contributed by atoms with Gasteiger partial charge in [0.15, 0.2) is 0 Å². The molecule has 0 radical (unpaired) electrons. The number of hydrogen-bond donors (Lipinski definition) is 1. The quantitative estimate of drug-likeness (QED) is 0.905. The maximum atomic E-state index is 12.3. The fourth-order valence-electron chi connectivity index (χ4n) is 3.03. The molecule has 1 aromatic carbocycles. The van der Waals surface area contributed by atoms with Crippen molar-refractivity contribution in [1.29, 1.82) is 0 Å². The van der Waals surface area contributed by atoms with E-state index in [0.29, 0.717) is 6.42 Å². The average molecular weight is 290 g/mol. The Labute approximate surface area is 127 Å². The van der Waals surface area contributed by atoms with Crippen LogP contribution in [0.15, 0.2) is 24.3 Å². The molecule has 0 aromatic heterocycles. The van der Waals surface area contributed by atoms with Crippen LogP contribution in [0.3, 0.4) is 0 Å². The number of carbonyl (C=O) groups excluding carboxylic acids is 1. The summed E-state index contributed by atoms with van der Waals surface area (Å²) in [5.74, 6) is 1.03. The van der Waals surface area contributed by atoms with Crippen molar-refractivity contribution < 1.29 is 9.53 Å². The molecule has 4 heteroatoms. The van der Waals surface area contributed by atoms with Crippen LogP contribution in [0.4, 0.5) is 0 Å². The second kappa shape index (κ2) is 7.46. The third-order valence-electron chi connectivity index (χ3n) is 4.46. The third-order valence-corrected chi connectivity index (χ3v) is 4.46. The van der Waals surface area contributed by atoms with Crippen LogP contribution in [0.1, 0.15) is 37.7 Å². The highest BCUT2D eigenvalue weighted by atomic mass is 16.5. The van der Waals surface area contributed by atoms with Gasteiger partial charge in [-0.15, -0.1) is 0 Å². The van der Waals surface area contributed by atoms with E-state index in [2.05, 4.69) is 0 Å². The first kappa shape index (κ1) is 15.8. The Morgan fingerprint density at radius 2 is 1.95 bits per heavy atom. The molecule has 2 atom stereocenters. The molecular formula is C17H26N2O2. The van der Waals surface area contributed by atoms with Gasteiger partial charge in [-0.3, -0.25) is 4.79 Å². The number of hydrogen-bond acceptors (Lipinski definition) is 3. The van der Waals surface area contributed by atoms with Gasteiger partial charge in [0, 0.05) is 25.6 Å². The van der Waals surface area contributed by atoms with E-state index >= 15 is 0 Å². The van der Waals surface area contributed by atoms with Gasteiger partial charge in [0.1, 0.15) is 5.75 Å². The molecule has 1 amide bonds. The van der Waals surface area contributed by atoms with Crippen LogP contribution in [0.2, 0.25) is 0 Å². The van der Waals surface area contributed by atoms with Crippen molar-refractivity contribution in [3.63, 3.8) is 0 Å². The number of methoxy groups -OCH3 is 1. The van der Waals surface area contributed by atoms with Crippen molar-refractivity contribution in [2.24, 2.45) is 5.73 Å². The van der Waals surface area contributed by atoms with E-state index in [1.807, 2.05) is 36.2 Å². The topological polar surface area (TPSA) is 55.6 Å². The molecule has 1 fully saturated rings. The van der Waals surface area contributed by atoms with Gasteiger partial charge in [-0.2, -0.15) is 0 Å². The van der Waals surface area contributed by atoms with Crippen molar-refractivity contribution in [3.8, 4) is 5.75 Å². The molecule has 2 unspecified atom stereocenters. The number of aryl methyl sites for hydroxylation is 1. The maximum absolute atomic E-state index is 12.3. The molecule has 0 heterocycles. The molecule has 116 valence electrons. The zero-order valence-corrected chi connectivity index (χ0v) is 13.0. The number of amides is 1. The van der Waals surface area contributed by atoms with Crippen molar-refractivity contribution in [2.75, 3.05) is 14.2 Å². The minimum atomic E-state index is 0.133. The lowest BCUT2D eigenvalue weighted by molar-refractivity contribution is -0.132. The van der Waals surface area contributed by atoms with Gasteiger partial charge in [0.05, 0.1) is 7.11 Å². The summed E-state index contributed by atoms with van der Waals surface area (Å²) >= 11 is 0. The van der Waals surface area contributed by atoms with E-state index < -0.39 is 0 Å². The monoisotopic (exact) mass is 290 g/mol. The molecule has 2 rings (SSSR count). The summed E-state index contributed by atoms with van der Waals surface area (Å²) in [5, 5.41) is 0. The number of benzene rings is 1. The lowest BCUT2D eigenvalue weighted by Gasteiger charge is -2.36. The number of nitrogens with two attached hydrogens (primary N) is 1. The molecule has 1 saturated carbocycles. The highest BCUT2D eigenvalue weighted by Gasteiger charge is 2.27. The van der Waals surface area contributed by atoms with Gasteiger partial charge in [0.2, 0.25) is 5.91 Å². The Balaban J connectivity index is 1.85. The van der Waals surface area contributed by atoms with Crippen LogP contribution in [0.25, 0.3) is 0 Å². The summed E-state index contributed by atoms with van der Waals surface area (Å²) in [6, 6.07) is 8.23. The first-order valence-corrected chi connectivity index (χ1v) is 7.76. The van der Waals surface area contributed by atoms with Gasteiger partial charge in [-0.05, 0) is 37.0 Å². The molecule has 4 nitrogen and oxygen atoms in total. The van der Waals surface area contributed by atoms with E-state index in [1.165, 1.54) is 12.8 Å². The van der Waals surface area contributed by atoms with Crippen LogP contribution in [0.5, 0.6) is 5.75 Å². The van der Waals surface area contributed by atoms with E-state index in [4.69, 9.17) is 10.5 Å². The zero-order valence-electron chi connectivity index (χ0n) is 13.0. The van der Waals surface area contributed by atoms with Crippen LogP contribution in [-0.2, 0) is 11.2 Å². The fraction of sp³-hybridized carbons (Fsp3) is 0.588. The summed E-state index contributed by atoms with van der Waals surface area (Å²) in [5.41, 5.74) is 7.31. The number of likely N-dealkylation sites (N-methyl/N-ethyl adjacent to an activating group) is 1. The summed E-state index contributed by atoms with van der Waals surface area (Å²) in [6.45, 7) is 0. The SMILES string of the molecule is COc1ccc(CCC(=O)N(C)C2CCCCC2N)cc1. The van der Waals surface area contributed by atoms with Crippen molar-refractivity contribution >= 4 is 5.91 Å². The Morgan fingerprint density at radius 3 is 2.57 bits per heavy atom. The Bertz CT molecular complexity index is 458. The summed E-state index contributed by atoms with van der Waals surface area (Å²) in [4.78, 5) is 14.2. The molecular weight excluding hydrogens is 264 g/mol. The molecule has 0 saturated heterocycles. The van der Waals surface area contributed by atoms with Gasteiger partial charge in [0.25, 0.3) is 0 Å². The summed E-state index contributed by atoms with van der Waals surface area (Å²) in [7, 11) is 3.55. The fourth-order valence-corrected chi connectivity index (χ4v) is 3.03. The normalized spacial score (nSPS) is 21.9. The highest BCUT2D eigenvalue weighted by molar-refractivity contribution is 5.76. The van der Waals surface area contributed by atoms with Crippen LogP contribution < -0.4 is 10.5 Å². The molecule has 0 bridgehead atoms. The maximum Gasteiger partial charge on any atom is 0.222 e. The second-order valence-corrected chi connectivity index (χ2v) is 5.87. The van der Waals surface area contributed by atoms with E-state index in [0.717, 1.165) is 30.6 Å². The van der Waals surface area contributed by atoms with Crippen molar-refractivity contribution in [2.45, 2.75) is 50.6 Å².